The van der Waals surface area contributed by atoms with Gasteiger partial charge in [-0.2, -0.15) is 0 Å². The number of esters is 4. The lowest BCUT2D eigenvalue weighted by Crippen LogP contribution is -2.31. The van der Waals surface area contributed by atoms with E-state index in [2.05, 4.69) is 54.0 Å². The maximum absolute atomic E-state index is 12.2. The molecule has 4 aromatic rings. The molecule has 68 heavy (non-hydrogen) atoms. The largest absolute Gasteiger partial charge is 0.491 e. The molecule has 362 valence electrons. The van der Waals surface area contributed by atoms with Crippen LogP contribution in [0, 0.1) is 0 Å². The van der Waals surface area contributed by atoms with Crippen LogP contribution in [-0.4, -0.2) is 86.9 Å². The number of ether oxygens (including phenoxy) is 8. The van der Waals surface area contributed by atoms with Crippen molar-refractivity contribution in [1.82, 2.24) is 0 Å². The van der Waals surface area contributed by atoms with E-state index >= 15 is 0 Å². The van der Waals surface area contributed by atoms with Gasteiger partial charge in [-0.1, -0.05) is 103 Å². The predicted octanol–water partition coefficient (Wildman–Crippen LogP) is 9.13. The molecule has 13 nitrogen and oxygen atoms in total. The van der Waals surface area contributed by atoms with Crippen molar-refractivity contribution in [2.75, 3.05) is 39.6 Å². The third-order valence-corrected chi connectivity index (χ3v) is 10.8. The number of aliphatic hydroxyl groups is 1. The Morgan fingerprint density at radius 2 is 0.647 bits per heavy atom. The van der Waals surface area contributed by atoms with E-state index in [9.17, 15) is 24.3 Å². The van der Waals surface area contributed by atoms with Gasteiger partial charge in [0.2, 0.25) is 0 Å². The van der Waals surface area contributed by atoms with Crippen LogP contribution in [0.25, 0.3) is 0 Å². The van der Waals surface area contributed by atoms with Gasteiger partial charge in [-0.15, -0.1) is 0 Å². The lowest BCUT2D eigenvalue weighted by Gasteiger charge is -2.27. The Hall–Kier alpha value is -7.12. The molecule has 0 aliphatic heterocycles. The fourth-order valence-electron chi connectivity index (χ4n) is 6.34. The Morgan fingerprint density at radius 1 is 0.412 bits per heavy atom. The molecule has 0 bridgehead atoms. The average Bonchev–Trinajstić information content (AvgIpc) is 3.31. The first-order valence-electron chi connectivity index (χ1n) is 22.1. The lowest BCUT2D eigenvalue weighted by atomic mass is 9.78. The smallest absolute Gasteiger partial charge is 0.333 e. The molecule has 0 radical (unpaired) electrons. The predicted molar refractivity (Wildman–Crippen MR) is 259 cm³/mol. The number of hydrogen-bond donors (Lipinski definition) is 1. The fourth-order valence-corrected chi connectivity index (χ4v) is 6.34. The molecule has 0 saturated carbocycles. The second kappa shape index (κ2) is 24.6. The Labute approximate surface area is 400 Å². The van der Waals surface area contributed by atoms with Gasteiger partial charge in [-0.3, -0.25) is 0 Å². The van der Waals surface area contributed by atoms with Crippen LogP contribution in [0.1, 0.15) is 77.6 Å². The summed E-state index contributed by atoms with van der Waals surface area (Å²) in [6, 6.07) is 30.5. The van der Waals surface area contributed by atoms with Crippen molar-refractivity contribution in [3.8, 4) is 23.0 Å². The van der Waals surface area contributed by atoms with E-state index in [-0.39, 0.29) is 72.8 Å². The summed E-state index contributed by atoms with van der Waals surface area (Å²) in [7, 11) is 0. The van der Waals surface area contributed by atoms with Crippen LogP contribution in [0.5, 0.6) is 23.0 Å². The summed E-state index contributed by atoms with van der Waals surface area (Å²) in [6.07, 6.45) is -2.58. The SMILES string of the molecule is C=C(C)C(=O)OCC(COc1ccc(C(C)(C)c2ccc(OCC(O)COc3ccc(C(C)(C)c4ccc(OCC(COC(=O)C(=C)C)OC(=O)C(=C)C)cc4)cc3)cc2)cc1)OC(=O)C(=C)C. The molecule has 0 aliphatic carbocycles. The zero-order valence-corrected chi connectivity index (χ0v) is 40.4. The molecule has 0 amide bonds. The van der Waals surface area contributed by atoms with E-state index in [1.165, 1.54) is 27.7 Å². The highest BCUT2D eigenvalue weighted by Crippen LogP contribution is 2.35. The van der Waals surface area contributed by atoms with Crippen LogP contribution >= 0.6 is 0 Å². The Bertz CT molecular complexity index is 2220. The third kappa shape index (κ3) is 16.0. The molecular weight excluding hydrogens is 869 g/mol. The van der Waals surface area contributed by atoms with E-state index in [0.717, 1.165) is 22.3 Å². The van der Waals surface area contributed by atoms with Crippen LogP contribution < -0.4 is 18.9 Å². The summed E-state index contributed by atoms with van der Waals surface area (Å²) in [6.45, 7) is 28.5. The molecular formula is C55H64O13. The van der Waals surface area contributed by atoms with E-state index in [1.807, 2.05) is 97.1 Å². The summed E-state index contributed by atoms with van der Waals surface area (Å²) >= 11 is 0. The average molecular weight is 933 g/mol. The van der Waals surface area contributed by atoms with Crippen LogP contribution in [0.2, 0.25) is 0 Å². The van der Waals surface area contributed by atoms with Crippen LogP contribution in [0.15, 0.2) is 146 Å². The quantitative estimate of drug-likeness (QED) is 0.0361. The topological polar surface area (TPSA) is 162 Å². The lowest BCUT2D eigenvalue weighted by molar-refractivity contribution is -0.155. The molecule has 1 N–H and O–H groups in total. The zero-order chi connectivity index (χ0) is 50.2. The van der Waals surface area contributed by atoms with Gasteiger partial charge in [0.1, 0.15) is 68.7 Å². The van der Waals surface area contributed by atoms with Crippen molar-refractivity contribution in [3.63, 3.8) is 0 Å². The minimum absolute atomic E-state index is 0.0291. The van der Waals surface area contributed by atoms with Crippen molar-refractivity contribution in [2.45, 2.75) is 84.5 Å². The van der Waals surface area contributed by atoms with Crippen LogP contribution in [0.3, 0.4) is 0 Å². The summed E-state index contributed by atoms with van der Waals surface area (Å²) in [5.74, 6) is -0.121. The molecule has 2 atom stereocenters. The van der Waals surface area contributed by atoms with Crippen LogP contribution in [-0.2, 0) is 49.0 Å². The van der Waals surface area contributed by atoms with Gasteiger partial charge in [-0.25, -0.2) is 19.2 Å². The number of carbonyl (C=O) groups excluding carboxylic acids is 4. The van der Waals surface area contributed by atoms with Crippen molar-refractivity contribution in [1.29, 1.82) is 0 Å². The molecule has 0 spiro atoms. The van der Waals surface area contributed by atoms with Gasteiger partial charge in [-0.05, 0) is 98.5 Å². The summed E-state index contributed by atoms with van der Waals surface area (Å²) < 4.78 is 44.8. The van der Waals surface area contributed by atoms with Gasteiger partial charge in [0.05, 0.1) is 0 Å². The van der Waals surface area contributed by atoms with Crippen molar-refractivity contribution in [3.05, 3.63) is 168 Å². The number of hydrogen-bond acceptors (Lipinski definition) is 13. The summed E-state index contributed by atoms with van der Waals surface area (Å²) in [4.78, 5) is 48.1. The first-order valence-corrected chi connectivity index (χ1v) is 22.1. The first-order chi connectivity index (χ1) is 32.1. The minimum atomic E-state index is -0.886. The molecule has 4 rings (SSSR count). The Balaban J connectivity index is 1.25. The first kappa shape index (κ1) is 53.5. The standard InChI is InChI=1S/C55H64O13/c1-35(2)50(57)65-33-48(67-52(59)37(5)6)31-63-46-25-17-41(18-26-46)54(9,10)39-13-21-44(22-14-39)61-29-43(56)30-62-45-23-15-40(16-24-45)55(11,12)42-19-27-47(28-20-42)64-32-49(68-53(60)38(7)8)34-66-51(58)36(3)4/h13-28,43,48-49,56H,1,3,5,7,29-34H2,2,4,6,8-12H3. The highest BCUT2D eigenvalue weighted by Gasteiger charge is 2.26. The number of rotatable bonds is 26. The zero-order valence-electron chi connectivity index (χ0n) is 40.4. The number of carbonyl (C=O) groups is 4. The van der Waals surface area contributed by atoms with Gasteiger partial charge in [0, 0.05) is 33.1 Å². The van der Waals surface area contributed by atoms with E-state index in [0.29, 0.717) is 23.0 Å². The maximum atomic E-state index is 12.2. The highest BCUT2D eigenvalue weighted by molar-refractivity contribution is 5.88. The van der Waals surface area contributed by atoms with Crippen molar-refractivity contribution >= 4 is 23.9 Å². The molecule has 0 fully saturated rings. The molecule has 0 aliphatic rings. The van der Waals surface area contributed by atoms with Crippen molar-refractivity contribution < 1.29 is 62.2 Å². The van der Waals surface area contributed by atoms with Gasteiger partial charge in [0.15, 0.2) is 12.2 Å². The highest BCUT2D eigenvalue weighted by atomic mass is 16.6. The second-order valence-corrected chi connectivity index (χ2v) is 17.6. The summed E-state index contributed by atoms with van der Waals surface area (Å²) in [5.41, 5.74) is 4.25. The molecule has 0 heterocycles. The molecule has 4 aromatic carbocycles. The Morgan fingerprint density at radius 3 is 0.882 bits per heavy atom. The second-order valence-electron chi connectivity index (χ2n) is 17.6. The Kier molecular flexibility index (Phi) is 19.3. The van der Waals surface area contributed by atoms with Gasteiger partial charge >= 0.3 is 23.9 Å². The molecule has 2 unspecified atom stereocenters. The minimum Gasteiger partial charge on any atom is -0.491 e. The number of benzene rings is 4. The van der Waals surface area contributed by atoms with Crippen LogP contribution in [0.4, 0.5) is 0 Å². The molecule has 0 saturated heterocycles. The van der Waals surface area contributed by atoms with E-state index in [4.69, 9.17) is 37.9 Å². The third-order valence-electron chi connectivity index (χ3n) is 10.8. The van der Waals surface area contributed by atoms with E-state index < -0.39 is 42.2 Å². The molecule has 0 aromatic heterocycles. The van der Waals surface area contributed by atoms with Crippen molar-refractivity contribution in [2.24, 2.45) is 0 Å². The van der Waals surface area contributed by atoms with Gasteiger partial charge < -0.3 is 43.0 Å². The molecule has 13 heteroatoms. The monoisotopic (exact) mass is 932 g/mol. The summed E-state index contributed by atoms with van der Waals surface area (Å²) in [5, 5.41) is 10.7. The normalized spacial score (nSPS) is 12.5. The fraction of sp³-hybridized carbons (Fsp3) is 0.345. The number of aliphatic hydroxyl groups excluding tert-OH is 1. The maximum Gasteiger partial charge on any atom is 0.333 e. The van der Waals surface area contributed by atoms with Gasteiger partial charge in [0.25, 0.3) is 0 Å². The van der Waals surface area contributed by atoms with E-state index in [1.54, 1.807) is 0 Å².